The molecule has 0 fully saturated rings. The van der Waals surface area contributed by atoms with Crippen LogP contribution in [-0.4, -0.2) is 15.9 Å². The number of hydrogen-bond donors (Lipinski definition) is 2. The Morgan fingerprint density at radius 1 is 1.12 bits per heavy atom. The molecular formula is C17H12N4OS2. The van der Waals surface area contributed by atoms with Gasteiger partial charge in [-0.1, -0.05) is 53.9 Å². The van der Waals surface area contributed by atoms with Crippen LogP contribution in [0.15, 0.2) is 54.6 Å². The van der Waals surface area contributed by atoms with Gasteiger partial charge in [-0.2, -0.15) is 5.26 Å². The molecule has 118 valence electrons. The van der Waals surface area contributed by atoms with Gasteiger partial charge in [-0.05, 0) is 24.3 Å². The molecule has 2 aromatic carbocycles. The molecule has 0 saturated heterocycles. The Morgan fingerprint density at radius 3 is 2.54 bits per heavy atom. The first-order chi connectivity index (χ1) is 11.7. The van der Waals surface area contributed by atoms with Crippen molar-refractivity contribution in [2.75, 3.05) is 10.6 Å². The first-order valence-electron chi connectivity index (χ1n) is 7.09. The van der Waals surface area contributed by atoms with Crippen LogP contribution in [0.3, 0.4) is 0 Å². The summed E-state index contributed by atoms with van der Waals surface area (Å²) in [6.45, 7) is 0. The lowest BCUT2D eigenvalue weighted by Gasteiger charge is -2.12. The quantitative estimate of drug-likeness (QED) is 0.698. The fraction of sp³-hybridized carbons (Fsp3) is 0.0588. The van der Waals surface area contributed by atoms with E-state index in [0.29, 0.717) is 5.13 Å². The number of amides is 1. The number of anilines is 2. The zero-order valence-electron chi connectivity index (χ0n) is 12.4. The molecule has 1 aromatic heterocycles. The summed E-state index contributed by atoms with van der Waals surface area (Å²) in [5.74, 6) is -1.59. The summed E-state index contributed by atoms with van der Waals surface area (Å²) < 4.78 is 0.964. The highest BCUT2D eigenvalue weighted by atomic mass is 32.1. The van der Waals surface area contributed by atoms with Gasteiger partial charge in [0.1, 0.15) is 4.99 Å². The molecule has 1 atom stereocenters. The summed E-state index contributed by atoms with van der Waals surface area (Å²) in [7, 11) is 0. The smallest absolute Gasteiger partial charge is 0.250 e. The van der Waals surface area contributed by atoms with E-state index in [4.69, 9.17) is 12.2 Å². The van der Waals surface area contributed by atoms with Crippen LogP contribution in [-0.2, 0) is 4.79 Å². The van der Waals surface area contributed by atoms with E-state index >= 15 is 0 Å². The fourth-order valence-corrected chi connectivity index (χ4v) is 3.22. The molecule has 0 aliphatic heterocycles. The number of nitriles is 1. The van der Waals surface area contributed by atoms with E-state index in [1.54, 1.807) is 0 Å². The second-order valence-corrected chi connectivity index (χ2v) is 6.36. The van der Waals surface area contributed by atoms with Crippen molar-refractivity contribution >= 4 is 55.5 Å². The maximum atomic E-state index is 12.4. The minimum Gasteiger partial charge on any atom is -0.348 e. The zero-order chi connectivity index (χ0) is 16.9. The highest BCUT2D eigenvalue weighted by Gasteiger charge is 2.24. The Balaban J connectivity index is 1.72. The fourth-order valence-electron chi connectivity index (χ4n) is 2.08. The Hall–Kier alpha value is -2.82. The molecule has 7 heteroatoms. The molecular weight excluding hydrogens is 340 g/mol. The molecule has 0 radical (unpaired) electrons. The van der Waals surface area contributed by atoms with Crippen LogP contribution in [0.25, 0.3) is 10.2 Å². The highest BCUT2D eigenvalue weighted by molar-refractivity contribution is 7.80. The number of fused-ring (bicyclic) bond motifs is 1. The molecule has 0 saturated carbocycles. The van der Waals surface area contributed by atoms with E-state index < -0.39 is 11.8 Å². The van der Waals surface area contributed by atoms with E-state index in [2.05, 4.69) is 15.6 Å². The Bertz CT molecular complexity index is 897. The Kier molecular flexibility index (Phi) is 4.79. The van der Waals surface area contributed by atoms with E-state index in [0.717, 1.165) is 15.9 Å². The molecule has 3 aromatic rings. The summed E-state index contributed by atoms with van der Waals surface area (Å²) in [4.78, 5) is 16.8. The number of carbonyl (C=O) groups excluding carboxylic acids is 1. The largest absolute Gasteiger partial charge is 0.348 e. The van der Waals surface area contributed by atoms with E-state index in [1.165, 1.54) is 11.3 Å². The van der Waals surface area contributed by atoms with Gasteiger partial charge in [0, 0.05) is 5.69 Å². The second kappa shape index (κ2) is 7.17. The number of carbonyl (C=O) groups is 1. The highest BCUT2D eigenvalue weighted by Crippen LogP contribution is 2.25. The van der Waals surface area contributed by atoms with Crippen LogP contribution in [0.4, 0.5) is 10.8 Å². The lowest BCUT2D eigenvalue weighted by atomic mass is 10.1. The van der Waals surface area contributed by atoms with Gasteiger partial charge in [-0.3, -0.25) is 4.79 Å². The normalized spacial score (nSPS) is 11.5. The third kappa shape index (κ3) is 3.56. The SMILES string of the molecule is N#CC(C(=O)Nc1nc2ccccc2s1)C(=S)Nc1ccccc1. The van der Waals surface area contributed by atoms with Crippen molar-refractivity contribution in [3.05, 3.63) is 54.6 Å². The van der Waals surface area contributed by atoms with Crippen molar-refractivity contribution in [3.8, 4) is 6.07 Å². The number of para-hydroxylation sites is 2. The van der Waals surface area contributed by atoms with Crippen molar-refractivity contribution in [1.82, 2.24) is 4.98 Å². The molecule has 0 aliphatic carbocycles. The van der Waals surface area contributed by atoms with Gasteiger partial charge < -0.3 is 10.6 Å². The van der Waals surface area contributed by atoms with Gasteiger partial charge in [0.2, 0.25) is 0 Å². The van der Waals surface area contributed by atoms with Crippen LogP contribution in [0.1, 0.15) is 0 Å². The van der Waals surface area contributed by atoms with Gasteiger partial charge in [0.25, 0.3) is 5.91 Å². The molecule has 24 heavy (non-hydrogen) atoms. The number of rotatable bonds is 4. The van der Waals surface area contributed by atoms with Crippen molar-refractivity contribution < 1.29 is 4.79 Å². The average Bonchev–Trinajstić information content (AvgIpc) is 2.98. The molecule has 1 amide bonds. The van der Waals surface area contributed by atoms with Crippen LogP contribution in [0.2, 0.25) is 0 Å². The summed E-state index contributed by atoms with van der Waals surface area (Å²) >= 11 is 6.56. The van der Waals surface area contributed by atoms with Crippen LogP contribution in [0.5, 0.6) is 0 Å². The van der Waals surface area contributed by atoms with Crippen molar-refractivity contribution in [1.29, 1.82) is 5.26 Å². The van der Waals surface area contributed by atoms with Crippen molar-refractivity contribution in [2.45, 2.75) is 0 Å². The first-order valence-corrected chi connectivity index (χ1v) is 8.32. The molecule has 5 nitrogen and oxygen atoms in total. The Labute approximate surface area is 148 Å². The summed E-state index contributed by atoms with van der Waals surface area (Å²) in [6.07, 6.45) is 0. The summed E-state index contributed by atoms with van der Waals surface area (Å²) in [5.41, 5.74) is 1.53. The van der Waals surface area contributed by atoms with Crippen LogP contribution < -0.4 is 10.6 Å². The standard InChI is InChI=1S/C17H12N4OS2/c18-10-12(16(23)19-11-6-2-1-3-7-11)15(22)21-17-20-13-8-4-5-9-14(13)24-17/h1-9,12H,(H,19,23)(H,20,21,22). The van der Waals surface area contributed by atoms with Gasteiger partial charge in [-0.15, -0.1) is 0 Å². The van der Waals surface area contributed by atoms with E-state index in [9.17, 15) is 10.1 Å². The third-order valence-electron chi connectivity index (χ3n) is 3.22. The van der Waals surface area contributed by atoms with Crippen molar-refractivity contribution in [3.63, 3.8) is 0 Å². The van der Waals surface area contributed by atoms with Crippen LogP contribution >= 0.6 is 23.6 Å². The number of thiazole rings is 1. The number of thiocarbonyl (C=S) groups is 1. The topological polar surface area (TPSA) is 77.8 Å². The number of nitrogens with zero attached hydrogens (tertiary/aromatic N) is 2. The molecule has 3 rings (SSSR count). The number of nitrogens with one attached hydrogen (secondary N) is 2. The summed E-state index contributed by atoms with van der Waals surface area (Å²) in [5, 5.41) is 15.3. The lowest BCUT2D eigenvalue weighted by molar-refractivity contribution is -0.116. The van der Waals surface area contributed by atoms with E-state index in [1.807, 2.05) is 60.7 Å². The summed E-state index contributed by atoms with van der Waals surface area (Å²) in [6, 6.07) is 18.7. The van der Waals surface area contributed by atoms with Gasteiger partial charge in [0.05, 0.1) is 16.3 Å². The average molecular weight is 352 g/mol. The van der Waals surface area contributed by atoms with Gasteiger partial charge >= 0.3 is 0 Å². The van der Waals surface area contributed by atoms with Gasteiger partial charge in [0.15, 0.2) is 11.0 Å². The molecule has 0 spiro atoms. The minimum absolute atomic E-state index is 0.155. The monoisotopic (exact) mass is 352 g/mol. The molecule has 0 bridgehead atoms. The maximum Gasteiger partial charge on any atom is 0.250 e. The molecule has 1 unspecified atom stereocenters. The van der Waals surface area contributed by atoms with Gasteiger partial charge in [-0.25, -0.2) is 4.98 Å². The Morgan fingerprint density at radius 2 is 1.83 bits per heavy atom. The first kappa shape index (κ1) is 16.1. The van der Waals surface area contributed by atoms with Crippen LogP contribution in [0, 0.1) is 17.2 Å². The number of aromatic nitrogens is 1. The molecule has 1 heterocycles. The zero-order valence-corrected chi connectivity index (χ0v) is 14.0. The predicted octanol–water partition coefficient (Wildman–Crippen LogP) is 3.81. The molecule has 0 aliphatic rings. The molecule has 2 N–H and O–H groups in total. The number of benzene rings is 2. The van der Waals surface area contributed by atoms with E-state index in [-0.39, 0.29) is 4.99 Å². The maximum absolute atomic E-state index is 12.4. The third-order valence-corrected chi connectivity index (χ3v) is 4.51. The van der Waals surface area contributed by atoms with Crippen molar-refractivity contribution in [2.24, 2.45) is 5.92 Å². The lowest BCUT2D eigenvalue weighted by Crippen LogP contribution is -2.31. The second-order valence-electron chi connectivity index (χ2n) is 4.89. The minimum atomic E-state index is -1.09. The predicted molar refractivity (Wildman–Crippen MR) is 100 cm³/mol. The number of hydrogen-bond acceptors (Lipinski definition) is 5.